The maximum absolute atomic E-state index is 13.0. The first-order chi connectivity index (χ1) is 11.6. The summed E-state index contributed by atoms with van der Waals surface area (Å²) in [6.07, 6.45) is 1.49. The van der Waals surface area contributed by atoms with Gasteiger partial charge in [-0.05, 0) is 49.7 Å². The Bertz CT molecular complexity index is 938. The Kier molecular flexibility index (Phi) is 4.29. The fraction of sp³-hybridized carbons (Fsp3) is 0.111. The highest BCUT2D eigenvalue weighted by atomic mass is 19.1. The molecule has 5 nitrogen and oxygen atoms in total. The molecule has 3 rings (SSSR count). The lowest BCUT2D eigenvalue weighted by Crippen LogP contribution is -2.17. The Balaban J connectivity index is 1.87. The van der Waals surface area contributed by atoms with Crippen LogP contribution in [0.25, 0.3) is 5.69 Å². The minimum absolute atomic E-state index is 0.241. The van der Waals surface area contributed by atoms with Crippen molar-refractivity contribution >= 4 is 11.9 Å². The fourth-order valence-electron chi connectivity index (χ4n) is 2.35. The van der Waals surface area contributed by atoms with Crippen molar-refractivity contribution in [1.82, 2.24) is 9.78 Å². The SMILES string of the molecule is Cc1ccccc1N/N=C/c1c(C)[nH]n(-c2ccc(F)cc2)c1=O. The third kappa shape index (κ3) is 3.12. The third-order valence-corrected chi connectivity index (χ3v) is 3.73. The van der Waals surface area contributed by atoms with Crippen LogP contribution in [0.15, 0.2) is 58.4 Å². The molecule has 6 heteroatoms. The molecule has 0 aliphatic rings. The summed E-state index contributed by atoms with van der Waals surface area (Å²) in [5.41, 5.74) is 6.31. The van der Waals surface area contributed by atoms with E-state index in [9.17, 15) is 9.18 Å². The van der Waals surface area contributed by atoms with E-state index in [1.54, 1.807) is 19.1 Å². The molecule has 122 valence electrons. The second-order valence-corrected chi connectivity index (χ2v) is 5.45. The molecule has 0 spiro atoms. The van der Waals surface area contributed by atoms with Crippen molar-refractivity contribution in [1.29, 1.82) is 0 Å². The lowest BCUT2D eigenvalue weighted by molar-refractivity contribution is 0.627. The summed E-state index contributed by atoms with van der Waals surface area (Å²) in [5, 5.41) is 7.12. The van der Waals surface area contributed by atoms with E-state index in [0.717, 1.165) is 11.3 Å². The largest absolute Gasteiger partial charge is 0.295 e. The number of aromatic amines is 1. The molecule has 0 saturated heterocycles. The van der Waals surface area contributed by atoms with Crippen LogP contribution >= 0.6 is 0 Å². The topological polar surface area (TPSA) is 62.2 Å². The molecule has 1 heterocycles. The Morgan fingerprint density at radius 1 is 1.12 bits per heavy atom. The van der Waals surface area contributed by atoms with Crippen LogP contribution in [0.1, 0.15) is 16.8 Å². The summed E-state index contributed by atoms with van der Waals surface area (Å²) in [4.78, 5) is 12.5. The molecule has 1 aromatic heterocycles. The monoisotopic (exact) mass is 324 g/mol. The summed E-state index contributed by atoms with van der Waals surface area (Å²) in [6.45, 7) is 3.76. The zero-order chi connectivity index (χ0) is 17.1. The molecule has 0 saturated carbocycles. The maximum Gasteiger partial charge on any atom is 0.280 e. The van der Waals surface area contributed by atoms with Crippen molar-refractivity contribution in [2.24, 2.45) is 5.10 Å². The molecule has 0 aliphatic heterocycles. The number of para-hydroxylation sites is 1. The average molecular weight is 324 g/mol. The number of hydrogen-bond donors (Lipinski definition) is 2. The molecule has 0 radical (unpaired) electrons. The number of hydrazone groups is 1. The second kappa shape index (κ2) is 6.54. The Morgan fingerprint density at radius 2 is 1.83 bits per heavy atom. The van der Waals surface area contributed by atoms with E-state index >= 15 is 0 Å². The van der Waals surface area contributed by atoms with Gasteiger partial charge in [0.2, 0.25) is 0 Å². The lowest BCUT2D eigenvalue weighted by atomic mass is 10.2. The van der Waals surface area contributed by atoms with Gasteiger partial charge in [0, 0.05) is 5.69 Å². The standard InChI is InChI=1S/C18H17FN4O/c1-12-5-3-4-6-17(12)21-20-11-16-13(2)22-23(18(16)24)15-9-7-14(19)8-10-15/h3-11,21-22H,1-2H3/b20-11+. The van der Waals surface area contributed by atoms with Gasteiger partial charge in [0.05, 0.1) is 23.2 Å². The van der Waals surface area contributed by atoms with Gasteiger partial charge in [0.25, 0.3) is 5.56 Å². The number of halogens is 1. The number of nitrogens with one attached hydrogen (secondary N) is 2. The van der Waals surface area contributed by atoms with Gasteiger partial charge in [-0.1, -0.05) is 18.2 Å². The van der Waals surface area contributed by atoms with E-state index in [1.807, 2.05) is 31.2 Å². The van der Waals surface area contributed by atoms with E-state index in [2.05, 4.69) is 15.6 Å². The summed E-state index contributed by atoms with van der Waals surface area (Å²) in [6, 6.07) is 13.4. The van der Waals surface area contributed by atoms with Crippen molar-refractivity contribution in [3.8, 4) is 5.69 Å². The van der Waals surface area contributed by atoms with Gasteiger partial charge in [-0.3, -0.25) is 15.3 Å². The van der Waals surface area contributed by atoms with Gasteiger partial charge in [-0.2, -0.15) is 5.10 Å². The minimum atomic E-state index is -0.348. The van der Waals surface area contributed by atoms with Crippen LogP contribution in [0.4, 0.5) is 10.1 Å². The zero-order valence-corrected chi connectivity index (χ0v) is 13.4. The van der Waals surface area contributed by atoms with Crippen molar-refractivity contribution in [3.05, 3.63) is 81.5 Å². The lowest BCUT2D eigenvalue weighted by Gasteiger charge is -2.02. The first-order valence-electron chi connectivity index (χ1n) is 7.48. The summed E-state index contributed by atoms with van der Waals surface area (Å²) >= 11 is 0. The van der Waals surface area contributed by atoms with Crippen molar-refractivity contribution in [2.75, 3.05) is 5.43 Å². The molecular weight excluding hydrogens is 307 g/mol. The molecule has 0 unspecified atom stereocenters. The van der Waals surface area contributed by atoms with Crippen LogP contribution < -0.4 is 11.0 Å². The number of aromatic nitrogens is 2. The van der Waals surface area contributed by atoms with E-state index in [1.165, 1.54) is 23.0 Å². The van der Waals surface area contributed by atoms with Gasteiger partial charge in [-0.15, -0.1) is 0 Å². The van der Waals surface area contributed by atoms with Crippen molar-refractivity contribution in [2.45, 2.75) is 13.8 Å². The third-order valence-electron chi connectivity index (χ3n) is 3.73. The number of nitrogens with zero attached hydrogens (tertiary/aromatic N) is 2. The summed E-state index contributed by atoms with van der Waals surface area (Å²) in [5.74, 6) is -0.348. The Morgan fingerprint density at radius 3 is 2.54 bits per heavy atom. The van der Waals surface area contributed by atoms with Crippen LogP contribution in [0.2, 0.25) is 0 Å². The van der Waals surface area contributed by atoms with Gasteiger partial charge >= 0.3 is 0 Å². The molecule has 2 N–H and O–H groups in total. The van der Waals surface area contributed by atoms with Crippen LogP contribution in [-0.4, -0.2) is 16.0 Å². The molecular formula is C18H17FN4O. The van der Waals surface area contributed by atoms with E-state index in [0.29, 0.717) is 16.9 Å². The average Bonchev–Trinajstić information content (AvgIpc) is 2.85. The second-order valence-electron chi connectivity index (χ2n) is 5.45. The number of anilines is 1. The molecule has 0 atom stereocenters. The van der Waals surface area contributed by atoms with Crippen molar-refractivity contribution in [3.63, 3.8) is 0 Å². The molecule has 0 fully saturated rings. The van der Waals surface area contributed by atoms with Gasteiger partial charge in [0.1, 0.15) is 5.82 Å². The number of H-pyrrole nitrogens is 1. The van der Waals surface area contributed by atoms with Crippen LogP contribution in [0.5, 0.6) is 0 Å². The molecule has 0 bridgehead atoms. The van der Waals surface area contributed by atoms with Gasteiger partial charge in [-0.25, -0.2) is 9.07 Å². The van der Waals surface area contributed by atoms with Crippen LogP contribution in [0, 0.1) is 19.7 Å². The highest BCUT2D eigenvalue weighted by molar-refractivity contribution is 5.81. The summed E-state index contributed by atoms with van der Waals surface area (Å²) < 4.78 is 14.4. The Hall–Kier alpha value is -3.15. The zero-order valence-electron chi connectivity index (χ0n) is 13.4. The molecule has 0 amide bonds. The number of benzene rings is 2. The molecule has 3 aromatic rings. The number of aryl methyl sites for hydroxylation is 2. The number of rotatable bonds is 4. The smallest absolute Gasteiger partial charge is 0.280 e. The summed E-state index contributed by atoms with van der Waals surface area (Å²) in [7, 11) is 0. The molecule has 2 aromatic carbocycles. The minimum Gasteiger partial charge on any atom is -0.295 e. The van der Waals surface area contributed by atoms with Gasteiger partial charge in [0.15, 0.2) is 0 Å². The van der Waals surface area contributed by atoms with Crippen LogP contribution in [0.3, 0.4) is 0 Å². The van der Waals surface area contributed by atoms with Crippen molar-refractivity contribution < 1.29 is 4.39 Å². The normalized spacial score (nSPS) is 11.1. The Labute approximate surface area is 138 Å². The quantitative estimate of drug-likeness (QED) is 0.571. The first kappa shape index (κ1) is 15.7. The van der Waals surface area contributed by atoms with E-state index < -0.39 is 0 Å². The fourth-order valence-corrected chi connectivity index (χ4v) is 2.35. The first-order valence-corrected chi connectivity index (χ1v) is 7.48. The molecule has 24 heavy (non-hydrogen) atoms. The highest BCUT2D eigenvalue weighted by Crippen LogP contribution is 2.13. The highest BCUT2D eigenvalue weighted by Gasteiger charge is 2.10. The maximum atomic E-state index is 13.0. The molecule has 0 aliphatic carbocycles. The predicted molar refractivity (Wildman–Crippen MR) is 93.5 cm³/mol. The predicted octanol–water partition coefficient (Wildman–Crippen LogP) is 3.37. The van der Waals surface area contributed by atoms with E-state index in [4.69, 9.17) is 0 Å². The number of hydrogen-bond acceptors (Lipinski definition) is 3. The van der Waals surface area contributed by atoms with E-state index in [-0.39, 0.29) is 11.4 Å². The van der Waals surface area contributed by atoms with Gasteiger partial charge < -0.3 is 0 Å². The van der Waals surface area contributed by atoms with Crippen LogP contribution in [-0.2, 0) is 0 Å².